The zero-order chi connectivity index (χ0) is 25.8. The lowest BCUT2D eigenvalue weighted by atomic mass is 9.64. The quantitative estimate of drug-likeness (QED) is 0.414. The zero-order valence-electron chi connectivity index (χ0n) is 20.2. The van der Waals surface area contributed by atoms with E-state index in [2.05, 4.69) is 17.7 Å². The molecule has 4 rings (SSSR count). The van der Waals surface area contributed by atoms with Gasteiger partial charge in [0.15, 0.2) is 0 Å². The lowest BCUT2D eigenvalue weighted by Crippen LogP contribution is -2.52. The second-order valence-electron chi connectivity index (χ2n) is 9.68. The third kappa shape index (κ3) is 5.23. The van der Waals surface area contributed by atoms with E-state index in [9.17, 15) is 18.4 Å². The van der Waals surface area contributed by atoms with Gasteiger partial charge >= 0.3 is 6.03 Å². The highest BCUT2D eigenvalue weighted by molar-refractivity contribution is 5.91. The lowest BCUT2D eigenvalue weighted by molar-refractivity contribution is -0.898. The fourth-order valence-corrected chi connectivity index (χ4v) is 5.51. The van der Waals surface area contributed by atoms with Crippen LogP contribution in [0.25, 0.3) is 0 Å². The van der Waals surface area contributed by atoms with Crippen LogP contribution >= 0.6 is 0 Å². The van der Waals surface area contributed by atoms with Gasteiger partial charge in [-0.3, -0.25) is 4.79 Å². The highest BCUT2D eigenvalue weighted by Gasteiger charge is 2.53. The molecule has 0 spiro atoms. The Balaban J connectivity index is 1.47. The minimum absolute atomic E-state index is 0.0334. The Morgan fingerprint density at radius 1 is 0.972 bits per heavy atom. The minimum atomic E-state index is -0.967. The number of carbonyl (C=O) groups is 2. The maximum atomic E-state index is 13.4. The van der Waals surface area contributed by atoms with Crippen LogP contribution in [0.15, 0.2) is 78.9 Å². The number of quaternary nitrogens is 1. The average Bonchev–Trinajstić information content (AvgIpc) is 3.22. The van der Waals surface area contributed by atoms with Crippen molar-refractivity contribution in [1.29, 1.82) is 0 Å². The fraction of sp³-hybridized carbons (Fsp3) is 0.286. The molecular weight excluding hydrogens is 462 g/mol. The molecule has 36 heavy (non-hydrogen) atoms. The first kappa shape index (κ1) is 25.3. The van der Waals surface area contributed by atoms with Crippen molar-refractivity contribution in [2.75, 3.05) is 38.5 Å². The zero-order valence-corrected chi connectivity index (χ0v) is 20.2. The van der Waals surface area contributed by atoms with Crippen molar-refractivity contribution in [1.82, 2.24) is 5.32 Å². The van der Waals surface area contributed by atoms with Gasteiger partial charge in [-0.05, 0) is 23.3 Å². The number of nitrogens with one attached hydrogen (secondary N) is 2. The smallest absolute Gasteiger partial charge is 0.319 e. The Hall–Kier alpha value is -3.78. The molecule has 0 aliphatic carbocycles. The Morgan fingerprint density at radius 2 is 1.53 bits per heavy atom. The highest BCUT2D eigenvalue weighted by Crippen LogP contribution is 2.44. The molecule has 1 aliphatic heterocycles. The number of carbonyl (C=O) groups excluding carboxylic acids is 2. The summed E-state index contributed by atoms with van der Waals surface area (Å²) in [7, 11) is 2.10. The third-order valence-electron chi connectivity index (χ3n) is 7.20. The van der Waals surface area contributed by atoms with Crippen LogP contribution in [-0.2, 0) is 10.2 Å². The number of nitrogens with zero attached hydrogens (tertiary/aromatic N) is 1. The number of urea groups is 1. The van der Waals surface area contributed by atoms with E-state index in [4.69, 9.17) is 5.73 Å². The first-order chi connectivity index (χ1) is 17.2. The number of rotatable bonds is 8. The van der Waals surface area contributed by atoms with Crippen molar-refractivity contribution in [2.45, 2.75) is 11.8 Å². The number of anilines is 1. The van der Waals surface area contributed by atoms with Crippen LogP contribution in [0.1, 0.15) is 17.5 Å². The molecule has 0 saturated carbocycles. The molecule has 4 N–H and O–H groups in total. The molecule has 1 aliphatic rings. The molecule has 1 fully saturated rings. The van der Waals surface area contributed by atoms with E-state index in [0.29, 0.717) is 24.1 Å². The van der Waals surface area contributed by atoms with Crippen molar-refractivity contribution in [3.8, 4) is 0 Å². The predicted octanol–water partition coefficient (Wildman–Crippen LogP) is 4.02. The molecular formula is C28H31F2N4O2+. The van der Waals surface area contributed by atoms with Crippen LogP contribution in [0.4, 0.5) is 19.3 Å². The molecule has 0 aromatic heterocycles. The molecule has 188 valence electrons. The number of hydrogen-bond acceptors (Lipinski definition) is 2. The van der Waals surface area contributed by atoms with Crippen molar-refractivity contribution in [3.05, 3.63) is 102 Å². The van der Waals surface area contributed by atoms with Crippen molar-refractivity contribution >= 4 is 17.6 Å². The second-order valence-corrected chi connectivity index (χ2v) is 9.68. The van der Waals surface area contributed by atoms with Crippen molar-refractivity contribution in [2.24, 2.45) is 11.7 Å². The van der Waals surface area contributed by atoms with E-state index < -0.39 is 23.1 Å². The highest BCUT2D eigenvalue weighted by atomic mass is 19.1. The number of benzene rings is 3. The van der Waals surface area contributed by atoms with E-state index in [1.165, 1.54) is 0 Å². The first-order valence-electron chi connectivity index (χ1n) is 12.0. The molecule has 1 saturated heterocycles. The lowest BCUT2D eigenvalue weighted by Gasteiger charge is -2.38. The molecule has 0 bridgehead atoms. The molecule has 8 heteroatoms. The summed E-state index contributed by atoms with van der Waals surface area (Å²) in [6, 6.07) is 21.7. The summed E-state index contributed by atoms with van der Waals surface area (Å²) in [4.78, 5) is 25.5. The first-order valence-corrected chi connectivity index (χ1v) is 12.0. The number of nitrogens with two attached hydrogens (primary N) is 1. The summed E-state index contributed by atoms with van der Waals surface area (Å²) in [5.74, 6) is -1.94. The molecule has 3 aromatic rings. The maximum absolute atomic E-state index is 13.4. The summed E-state index contributed by atoms with van der Waals surface area (Å²) in [5, 5.41) is 5.21. The van der Waals surface area contributed by atoms with Gasteiger partial charge < -0.3 is 20.9 Å². The molecule has 3 amide bonds. The van der Waals surface area contributed by atoms with E-state index >= 15 is 0 Å². The van der Waals surface area contributed by atoms with Gasteiger partial charge in [0.1, 0.15) is 17.0 Å². The average molecular weight is 494 g/mol. The predicted molar refractivity (Wildman–Crippen MR) is 135 cm³/mol. The molecule has 0 radical (unpaired) electrons. The van der Waals surface area contributed by atoms with Crippen LogP contribution in [0.5, 0.6) is 0 Å². The molecule has 2 atom stereocenters. The molecule has 1 heterocycles. The van der Waals surface area contributed by atoms with Gasteiger partial charge in [-0.15, -0.1) is 0 Å². The Kier molecular flexibility index (Phi) is 7.35. The maximum Gasteiger partial charge on any atom is 0.319 e. The number of likely N-dealkylation sites (tertiary alicyclic amines) is 1. The second kappa shape index (κ2) is 10.5. The summed E-state index contributed by atoms with van der Waals surface area (Å²) in [6.07, 6.45) is 0.790. The van der Waals surface area contributed by atoms with Crippen LogP contribution in [-0.4, -0.2) is 49.6 Å². The molecule has 6 nitrogen and oxygen atoms in total. The SMILES string of the molecule is C[N@+]1(CCNC(=O)Nc2cc(F)cc(F)c2)CCC(C(C(N)=O)(c2ccccc2)c2ccccc2)C1. The van der Waals surface area contributed by atoms with Crippen LogP contribution in [0, 0.1) is 17.6 Å². The number of primary amides is 1. The van der Waals surface area contributed by atoms with E-state index in [1.807, 2.05) is 60.7 Å². The summed E-state index contributed by atoms with van der Waals surface area (Å²) in [5.41, 5.74) is 7.01. The standard InChI is InChI=1S/C28H30F2N4O2/c1-34(15-13-32-27(36)33-25-17-23(29)16-24(30)18-25)14-12-22(19-34)28(26(31)35,20-8-4-2-5-9-20)21-10-6-3-7-11-21/h2-11,16-18,22H,12-15,19H2,1H3,(H3-,31,32,33,35,36)/p+1/t22?,34-/m1/s1. The normalized spacial score (nSPS) is 19.6. The van der Waals surface area contributed by atoms with Gasteiger partial charge in [-0.25, -0.2) is 13.6 Å². The van der Waals surface area contributed by atoms with Gasteiger partial charge in [0.2, 0.25) is 5.91 Å². The van der Waals surface area contributed by atoms with E-state index in [-0.39, 0.29) is 17.5 Å². The van der Waals surface area contributed by atoms with E-state index in [0.717, 1.165) is 42.3 Å². The topological polar surface area (TPSA) is 84.2 Å². The van der Waals surface area contributed by atoms with Crippen molar-refractivity contribution < 1.29 is 22.9 Å². The van der Waals surface area contributed by atoms with Crippen LogP contribution < -0.4 is 16.4 Å². The number of hydrogen-bond donors (Lipinski definition) is 3. The van der Waals surface area contributed by atoms with Gasteiger partial charge in [0.25, 0.3) is 0 Å². The van der Waals surface area contributed by atoms with Gasteiger partial charge in [0, 0.05) is 24.1 Å². The number of likely N-dealkylation sites (N-methyl/N-ethyl adjacent to an activating group) is 1. The van der Waals surface area contributed by atoms with Gasteiger partial charge in [-0.2, -0.15) is 0 Å². The molecule has 1 unspecified atom stereocenters. The Labute approximate surface area is 209 Å². The third-order valence-corrected chi connectivity index (χ3v) is 7.20. The number of amides is 3. The fourth-order valence-electron chi connectivity index (χ4n) is 5.51. The Morgan fingerprint density at radius 3 is 2.06 bits per heavy atom. The van der Waals surface area contributed by atoms with Crippen molar-refractivity contribution in [3.63, 3.8) is 0 Å². The van der Waals surface area contributed by atoms with E-state index in [1.54, 1.807) is 0 Å². The summed E-state index contributed by atoms with van der Waals surface area (Å²) < 4.78 is 27.4. The minimum Gasteiger partial charge on any atom is -0.369 e. The summed E-state index contributed by atoms with van der Waals surface area (Å²) in [6.45, 7) is 2.50. The molecule has 3 aromatic carbocycles. The Bertz CT molecular complexity index is 1160. The van der Waals surface area contributed by atoms with Gasteiger partial charge in [0.05, 0.1) is 33.2 Å². The summed E-state index contributed by atoms with van der Waals surface area (Å²) >= 11 is 0. The largest absolute Gasteiger partial charge is 0.369 e. The van der Waals surface area contributed by atoms with Gasteiger partial charge in [-0.1, -0.05) is 60.7 Å². The van der Waals surface area contributed by atoms with Crippen LogP contribution in [0.2, 0.25) is 0 Å². The number of halogens is 2. The van der Waals surface area contributed by atoms with Crippen LogP contribution in [0.3, 0.4) is 0 Å². The monoisotopic (exact) mass is 493 g/mol.